The summed E-state index contributed by atoms with van der Waals surface area (Å²) in [6.07, 6.45) is 0. The van der Waals surface area contributed by atoms with Crippen molar-refractivity contribution in [2.75, 3.05) is 60.1 Å². The van der Waals surface area contributed by atoms with E-state index in [1.165, 1.54) is 23.4 Å². The van der Waals surface area contributed by atoms with Crippen molar-refractivity contribution in [1.82, 2.24) is 19.4 Å². The molecule has 1 N–H and O–H groups in total. The van der Waals surface area contributed by atoms with Gasteiger partial charge >= 0.3 is 12.0 Å². The lowest BCUT2D eigenvalue weighted by atomic mass is 9.93. The molecule has 12 heteroatoms. The van der Waals surface area contributed by atoms with E-state index in [2.05, 4.69) is 10.2 Å². The van der Waals surface area contributed by atoms with E-state index in [9.17, 15) is 18.0 Å². The third-order valence-electron chi connectivity index (χ3n) is 7.36. The number of amides is 2. The number of carbonyl (C=O) groups is 2. The summed E-state index contributed by atoms with van der Waals surface area (Å²) in [5.74, 6) is 0.483. The van der Waals surface area contributed by atoms with Crippen molar-refractivity contribution >= 4 is 22.0 Å². The standard InChI is InChI=1S/C29H38N4O7S/c1-6-33-24(19-31-14-16-32(17-15-31)41(36,37)22-11-8-20(3)9-12-22)26(28(34)40-7-2)27(30-29(33)35)23-18-21(38-4)10-13-25(23)39-5/h8-13,18,27H,6-7,14-17,19H2,1-5H3,(H,30,35). The van der Waals surface area contributed by atoms with Crippen molar-refractivity contribution in [2.24, 2.45) is 0 Å². The average Bonchev–Trinajstić information content (AvgIpc) is 2.97. The van der Waals surface area contributed by atoms with Crippen LogP contribution in [0.3, 0.4) is 0 Å². The molecule has 0 spiro atoms. The number of sulfonamides is 1. The molecule has 1 saturated heterocycles. The molecule has 2 aromatic carbocycles. The molecular weight excluding hydrogens is 548 g/mol. The molecule has 41 heavy (non-hydrogen) atoms. The average molecular weight is 587 g/mol. The molecule has 0 aromatic heterocycles. The first kappa shape index (κ1) is 30.4. The maximum Gasteiger partial charge on any atom is 0.338 e. The number of likely N-dealkylation sites (N-methyl/N-ethyl adjacent to an activating group) is 1. The minimum atomic E-state index is -3.63. The number of carbonyl (C=O) groups excluding carboxylic acids is 2. The molecule has 1 unspecified atom stereocenters. The van der Waals surface area contributed by atoms with Gasteiger partial charge in [-0.15, -0.1) is 0 Å². The van der Waals surface area contributed by atoms with Crippen LogP contribution < -0.4 is 14.8 Å². The monoisotopic (exact) mass is 586 g/mol. The van der Waals surface area contributed by atoms with Crippen LogP contribution in [-0.4, -0.2) is 94.6 Å². The van der Waals surface area contributed by atoms with Gasteiger partial charge in [-0.2, -0.15) is 4.31 Å². The predicted octanol–water partition coefficient (Wildman–Crippen LogP) is 2.92. The summed E-state index contributed by atoms with van der Waals surface area (Å²) < 4.78 is 44.4. The molecule has 4 rings (SSSR count). The molecule has 1 atom stereocenters. The number of rotatable bonds is 10. The van der Waals surface area contributed by atoms with E-state index in [0.29, 0.717) is 48.0 Å². The zero-order chi connectivity index (χ0) is 29.7. The van der Waals surface area contributed by atoms with E-state index in [1.807, 2.05) is 13.8 Å². The fourth-order valence-electron chi connectivity index (χ4n) is 5.16. The van der Waals surface area contributed by atoms with Crippen molar-refractivity contribution < 1.29 is 32.2 Å². The quantitative estimate of drug-likeness (QED) is 0.423. The Balaban J connectivity index is 1.67. The number of methoxy groups -OCH3 is 2. The van der Waals surface area contributed by atoms with Crippen LogP contribution in [0.5, 0.6) is 11.5 Å². The SMILES string of the molecule is CCOC(=O)C1=C(CN2CCN(S(=O)(=O)c3ccc(C)cc3)CC2)N(CC)C(=O)NC1c1cc(OC)ccc1OC. The highest BCUT2D eigenvalue weighted by Gasteiger charge is 2.40. The molecule has 0 aliphatic carbocycles. The molecule has 0 saturated carbocycles. The van der Waals surface area contributed by atoms with Crippen molar-refractivity contribution in [3.8, 4) is 11.5 Å². The summed E-state index contributed by atoms with van der Waals surface area (Å²) in [4.78, 5) is 30.7. The Morgan fingerprint density at radius 1 is 1.00 bits per heavy atom. The van der Waals surface area contributed by atoms with Gasteiger partial charge in [0.25, 0.3) is 0 Å². The normalized spacial score (nSPS) is 18.7. The van der Waals surface area contributed by atoms with Gasteiger partial charge in [-0.25, -0.2) is 18.0 Å². The second-order valence-electron chi connectivity index (χ2n) is 9.81. The van der Waals surface area contributed by atoms with Crippen LogP contribution in [-0.2, 0) is 19.6 Å². The topological polar surface area (TPSA) is 118 Å². The number of benzene rings is 2. The number of urea groups is 1. The zero-order valence-electron chi connectivity index (χ0n) is 24.2. The molecule has 0 radical (unpaired) electrons. The lowest BCUT2D eigenvalue weighted by Crippen LogP contribution is -2.53. The van der Waals surface area contributed by atoms with Crippen LogP contribution in [0.15, 0.2) is 58.6 Å². The van der Waals surface area contributed by atoms with Crippen molar-refractivity contribution in [3.05, 3.63) is 64.9 Å². The third kappa shape index (κ3) is 6.34. The number of nitrogens with one attached hydrogen (secondary N) is 1. The van der Waals surface area contributed by atoms with Gasteiger partial charge in [0.1, 0.15) is 11.5 Å². The minimum absolute atomic E-state index is 0.160. The maximum absolute atomic E-state index is 13.5. The summed E-state index contributed by atoms with van der Waals surface area (Å²) in [7, 11) is -0.571. The predicted molar refractivity (Wildman–Crippen MR) is 153 cm³/mol. The Morgan fingerprint density at radius 2 is 1.68 bits per heavy atom. The first-order valence-corrected chi connectivity index (χ1v) is 15.1. The van der Waals surface area contributed by atoms with Crippen molar-refractivity contribution in [1.29, 1.82) is 0 Å². The van der Waals surface area contributed by atoms with Gasteiger partial charge in [0, 0.05) is 50.5 Å². The van der Waals surface area contributed by atoms with E-state index in [4.69, 9.17) is 14.2 Å². The minimum Gasteiger partial charge on any atom is -0.497 e. The first-order chi connectivity index (χ1) is 19.6. The Kier molecular flexibility index (Phi) is 9.57. The van der Waals surface area contributed by atoms with E-state index in [1.54, 1.807) is 49.4 Å². The first-order valence-electron chi connectivity index (χ1n) is 13.6. The van der Waals surface area contributed by atoms with E-state index < -0.39 is 22.0 Å². The molecule has 222 valence electrons. The number of ether oxygens (including phenoxy) is 3. The molecule has 0 bridgehead atoms. The summed E-state index contributed by atoms with van der Waals surface area (Å²) in [5, 5.41) is 2.95. The van der Waals surface area contributed by atoms with E-state index in [-0.39, 0.29) is 37.2 Å². The summed E-state index contributed by atoms with van der Waals surface area (Å²) >= 11 is 0. The number of esters is 1. The highest BCUT2D eigenvalue weighted by molar-refractivity contribution is 7.89. The number of piperazine rings is 1. The fourth-order valence-corrected chi connectivity index (χ4v) is 6.58. The van der Waals surface area contributed by atoms with Crippen LogP contribution in [0.1, 0.15) is 31.0 Å². The second kappa shape index (κ2) is 12.9. The lowest BCUT2D eigenvalue weighted by molar-refractivity contribution is -0.139. The van der Waals surface area contributed by atoms with Crippen molar-refractivity contribution in [3.63, 3.8) is 0 Å². The van der Waals surface area contributed by atoms with Crippen LogP contribution in [0, 0.1) is 6.92 Å². The van der Waals surface area contributed by atoms with Gasteiger partial charge in [-0.3, -0.25) is 9.80 Å². The molecule has 1 fully saturated rings. The highest BCUT2D eigenvalue weighted by Crippen LogP contribution is 2.38. The molecule has 11 nitrogen and oxygen atoms in total. The van der Waals surface area contributed by atoms with Crippen molar-refractivity contribution in [2.45, 2.75) is 31.7 Å². The number of hydrogen-bond acceptors (Lipinski definition) is 8. The zero-order valence-corrected chi connectivity index (χ0v) is 25.0. The van der Waals surface area contributed by atoms with Crippen LogP contribution in [0.25, 0.3) is 0 Å². The maximum atomic E-state index is 13.5. The Bertz CT molecular complexity index is 1400. The van der Waals surface area contributed by atoms with Gasteiger partial charge < -0.3 is 19.5 Å². The summed E-state index contributed by atoms with van der Waals surface area (Å²) in [6, 6.07) is 10.8. The number of aryl methyl sites for hydroxylation is 1. The molecule has 2 aliphatic heterocycles. The molecule has 2 heterocycles. The summed E-state index contributed by atoms with van der Waals surface area (Å²) in [6.45, 7) is 7.64. The smallest absolute Gasteiger partial charge is 0.338 e. The Labute approximate surface area is 241 Å². The molecule has 2 aromatic rings. The molecule has 2 amide bonds. The van der Waals surface area contributed by atoms with Gasteiger partial charge in [-0.1, -0.05) is 17.7 Å². The van der Waals surface area contributed by atoms with Crippen LogP contribution in [0.2, 0.25) is 0 Å². The Morgan fingerprint density at radius 3 is 2.27 bits per heavy atom. The fraction of sp³-hybridized carbons (Fsp3) is 0.448. The van der Waals surface area contributed by atoms with E-state index >= 15 is 0 Å². The van der Waals surface area contributed by atoms with Crippen LogP contribution in [0.4, 0.5) is 4.79 Å². The second-order valence-corrected chi connectivity index (χ2v) is 11.7. The van der Waals surface area contributed by atoms with Gasteiger partial charge in [-0.05, 0) is 51.1 Å². The van der Waals surface area contributed by atoms with Gasteiger partial charge in [0.05, 0.1) is 37.3 Å². The van der Waals surface area contributed by atoms with E-state index in [0.717, 1.165) is 5.56 Å². The molecule has 2 aliphatic rings. The summed E-state index contributed by atoms with van der Waals surface area (Å²) in [5.41, 5.74) is 2.36. The third-order valence-corrected chi connectivity index (χ3v) is 9.27. The largest absolute Gasteiger partial charge is 0.497 e. The highest BCUT2D eigenvalue weighted by atomic mass is 32.2. The van der Waals surface area contributed by atoms with Gasteiger partial charge in [0.2, 0.25) is 10.0 Å². The number of hydrogen-bond donors (Lipinski definition) is 1. The van der Waals surface area contributed by atoms with Crippen LogP contribution >= 0.6 is 0 Å². The van der Waals surface area contributed by atoms with Gasteiger partial charge in [0.15, 0.2) is 0 Å². The number of nitrogens with zero attached hydrogens (tertiary/aromatic N) is 3. The lowest BCUT2D eigenvalue weighted by Gasteiger charge is -2.40. The molecular formula is C29H38N4O7S. The Hall–Kier alpha value is -3.61.